The number of carboxylic acid groups (broad SMARTS) is 1. The van der Waals surface area contributed by atoms with Gasteiger partial charge in [0.2, 0.25) is 0 Å². The molecule has 2 rings (SSSR count). The Bertz CT molecular complexity index is 511. The van der Waals surface area contributed by atoms with Crippen molar-refractivity contribution in [1.29, 1.82) is 0 Å². The predicted octanol–water partition coefficient (Wildman–Crippen LogP) is 0.650. The zero-order valence-electron chi connectivity index (χ0n) is 11.9. The molecule has 1 atom stereocenters. The van der Waals surface area contributed by atoms with Gasteiger partial charge >= 0.3 is 12.0 Å². The van der Waals surface area contributed by atoms with Crippen LogP contribution in [0.3, 0.4) is 0 Å². The molecular formula is C13H22N2O5S. The van der Waals surface area contributed by atoms with Gasteiger partial charge in [0.25, 0.3) is 0 Å². The van der Waals surface area contributed by atoms with Gasteiger partial charge in [0, 0.05) is 6.54 Å². The molecule has 1 saturated carbocycles. The van der Waals surface area contributed by atoms with Crippen LogP contribution < -0.4 is 10.6 Å². The van der Waals surface area contributed by atoms with E-state index in [0.29, 0.717) is 25.7 Å². The molecule has 0 aromatic rings. The second kappa shape index (κ2) is 6.21. The Kier molecular flexibility index (Phi) is 4.75. The molecule has 2 aliphatic rings. The minimum atomic E-state index is -3.11. The fraction of sp³-hybridized carbons (Fsp3) is 0.846. The summed E-state index contributed by atoms with van der Waals surface area (Å²) >= 11 is 0. The highest BCUT2D eigenvalue weighted by Crippen LogP contribution is 2.28. The Labute approximate surface area is 124 Å². The van der Waals surface area contributed by atoms with E-state index < -0.39 is 32.6 Å². The molecule has 2 fully saturated rings. The Hall–Kier alpha value is -1.31. The normalized spacial score (nSPS) is 27.0. The molecule has 1 aliphatic heterocycles. The van der Waals surface area contributed by atoms with Gasteiger partial charge in [-0.25, -0.2) is 18.0 Å². The lowest BCUT2D eigenvalue weighted by Crippen LogP contribution is -2.58. The molecule has 0 aromatic carbocycles. The highest BCUT2D eigenvalue weighted by Gasteiger charge is 2.41. The van der Waals surface area contributed by atoms with Crippen molar-refractivity contribution < 1.29 is 23.1 Å². The van der Waals surface area contributed by atoms with Crippen molar-refractivity contribution in [3.05, 3.63) is 0 Å². The van der Waals surface area contributed by atoms with E-state index in [1.165, 1.54) is 0 Å². The van der Waals surface area contributed by atoms with E-state index in [1.807, 2.05) is 0 Å². The van der Waals surface area contributed by atoms with Crippen LogP contribution in [0.1, 0.15) is 44.9 Å². The minimum Gasteiger partial charge on any atom is -0.480 e. The second-order valence-corrected chi connectivity index (χ2v) is 8.31. The summed E-state index contributed by atoms with van der Waals surface area (Å²) in [4.78, 5) is 23.3. The number of hydrogen-bond donors (Lipinski definition) is 3. The van der Waals surface area contributed by atoms with Gasteiger partial charge in [-0.1, -0.05) is 19.3 Å². The first kappa shape index (κ1) is 16.1. The van der Waals surface area contributed by atoms with E-state index in [-0.39, 0.29) is 12.3 Å². The van der Waals surface area contributed by atoms with Crippen LogP contribution in [-0.4, -0.2) is 48.6 Å². The van der Waals surface area contributed by atoms with Crippen LogP contribution in [0.5, 0.6) is 0 Å². The van der Waals surface area contributed by atoms with Crippen LogP contribution >= 0.6 is 0 Å². The number of amides is 2. The Morgan fingerprint density at radius 2 is 1.81 bits per heavy atom. The first-order valence-electron chi connectivity index (χ1n) is 7.37. The van der Waals surface area contributed by atoms with E-state index in [4.69, 9.17) is 0 Å². The molecule has 0 aromatic heterocycles. The van der Waals surface area contributed by atoms with E-state index in [1.54, 1.807) is 0 Å². The van der Waals surface area contributed by atoms with Gasteiger partial charge in [-0.2, -0.15) is 0 Å². The van der Waals surface area contributed by atoms with Crippen molar-refractivity contribution in [2.24, 2.45) is 0 Å². The predicted molar refractivity (Wildman–Crippen MR) is 76.8 cm³/mol. The monoisotopic (exact) mass is 318 g/mol. The number of aliphatic carboxylic acids is 1. The van der Waals surface area contributed by atoms with Crippen LogP contribution in [0.15, 0.2) is 0 Å². The summed E-state index contributed by atoms with van der Waals surface area (Å²) < 4.78 is 23.3. The summed E-state index contributed by atoms with van der Waals surface area (Å²) in [5.41, 5.74) is -1.21. The number of sulfone groups is 1. The van der Waals surface area contributed by atoms with Crippen molar-refractivity contribution in [2.75, 3.05) is 12.3 Å². The van der Waals surface area contributed by atoms with Crippen molar-refractivity contribution in [2.45, 2.75) is 55.7 Å². The topological polar surface area (TPSA) is 113 Å². The summed E-state index contributed by atoms with van der Waals surface area (Å²) in [6.45, 7) is 0.0455. The van der Waals surface area contributed by atoms with Gasteiger partial charge in [0.1, 0.15) is 5.54 Å². The molecule has 7 nitrogen and oxygen atoms in total. The van der Waals surface area contributed by atoms with Crippen LogP contribution in [-0.2, 0) is 14.6 Å². The zero-order chi connectivity index (χ0) is 15.5. The summed E-state index contributed by atoms with van der Waals surface area (Å²) in [6, 6.07) is -0.596. The molecule has 0 bridgehead atoms. The van der Waals surface area contributed by atoms with Gasteiger partial charge < -0.3 is 15.7 Å². The maximum Gasteiger partial charge on any atom is 0.329 e. The average molecular weight is 318 g/mol. The maximum atomic E-state index is 11.9. The largest absolute Gasteiger partial charge is 0.480 e. The molecule has 120 valence electrons. The number of rotatable bonds is 4. The number of carboxylic acids is 1. The second-order valence-electron chi connectivity index (χ2n) is 5.91. The van der Waals surface area contributed by atoms with Crippen LogP contribution in [0.25, 0.3) is 0 Å². The molecule has 0 spiro atoms. The zero-order valence-corrected chi connectivity index (χ0v) is 12.7. The molecule has 1 saturated heterocycles. The fourth-order valence-corrected chi connectivity index (χ4v) is 4.87. The first-order chi connectivity index (χ1) is 9.86. The maximum absolute atomic E-state index is 11.9. The van der Waals surface area contributed by atoms with Gasteiger partial charge in [0.15, 0.2) is 9.84 Å². The standard InChI is InChI=1S/C13H22N2O5S/c16-11(17)13(6-2-1-3-7-13)15-12(18)14-9-10-5-4-8-21(10,19)20/h10H,1-9H2,(H,16,17)(H2,14,15,18). The Morgan fingerprint density at radius 3 is 2.33 bits per heavy atom. The lowest BCUT2D eigenvalue weighted by molar-refractivity contribution is -0.145. The number of urea groups is 1. The van der Waals surface area contributed by atoms with Gasteiger partial charge in [-0.3, -0.25) is 0 Å². The summed E-state index contributed by atoms with van der Waals surface area (Å²) in [5, 5.41) is 13.9. The van der Waals surface area contributed by atoms with Gasteiger partial charge in [-0.15, -0.1) is 0 Å². The number of carbonyl (C=O) groups is 2. The van der Waals surface area contributed by atoms with E-state index in [9.17, 15) is 23.1 Å². The van der Waals surface area contributed by atoms with Gasteiger partial charge in [-0.05, 0) is 25.7 Å². The smallest absolute Gasteiger partial charge is 0.329 e. The molecular weight excluding hydrogens is 296 g/mol. The Balaban J connectivity index is 1.90. The lowest BCUT2D eigenvalue weighted by Gasteiger charge is -2.34. The highest BCUT2D eigenvalue weighted by molar-refractivity contribution is 7.92. The van der Waals surface area contributed by atoms with Crippen molar-refractivity contribution in [3.63, 3.8) is 0 Å². The minimum absolute atomic E-state index is 0.0455. The SMILES string of the molecule is O=C(NCC1CCCS1(=O)=O)NC1(C(=O)O)CCCCC1. The number of nitrogens with one attached hydrogen (secondary N) is 2. The quantitative estimate of drug-likeness (QED) is 0.704. The van der Waals surface area contributed by atoms with E-state index in [0.717, 1.165) is 19.3 Å². The van der Waals surface area contributed by atoms with E-state index in [2.05, 4.69) is 10.6 Å². The molecule has 1 aliphatic carbocycles. The summed E-state index contributed by atoms with van der Waals surface area (Å²) in [6.07, 6.45) is 4.50. The molecule has 1 heterocycles. The molecule has 3 N–H and O–H groups in total. The third-order valence-corrected chi connectivity index (χ3v) is 6.70. The summed E-state index contributed by atoms with van der Waals surface area (Å²) in [7, 11) is -3.11. The van der Waals surface area contributed by atoms with Gasteiger partial charge in [0.05, 0.1) is 11.0 Å². The van der Waals surface area contributed by atoms with Crippen LogP contribution in [0, 0.1) is 0 Å². The lowest BCUT2D eigenvalue weighted by atomic mass is 9.82. The molecule has 8 heteroatoms. The Morgan fingerprint density at radius 1 is 1.14 bits per heavy atom. The molecule has 21 heavy (non-hydrogen) atoms. The third kappa shape index (κ3) is 3.66. The van der Waals surface area contributed by atoms with E-state index >= 15 is 0 Å². The molecule has 0 radical (unpaired) electrons. The van der Waals surface area contributed by atoms with Crippen molar-refractivity contribution >= 4 is 21.8 Å². The number of carbonyl (C=O) groups excluding carboxylic acids is 1. The summed E-state index contributed by atoms with van der Waals surface area (Å²) in [5.74, 6) is -0.856. The first-order valence-corrected chi connectivity index (χ1v) is 9.08. The highest BCUT2D eigenvalue weighted by atomic mass is 32.2. The van der Waals surface area contributed by atoms with Crippen molar-refractivity contribution in [3.8, 4) is 0 Å². The van der Waals surface area contributed by atoms with Crippen LogP contribution in [0.4, 0.5) is 4.79 Å². The fourth-order valence-electron chi connectivity index (χ4n) is 3.10. The molecule has 2 amide bonds. The third-order valence-electron chi connectivity index (χ3n) is 4.42. The van der Waals surface area contributed by atoms with Crippen LogP contribution in [0.2, 0.25) is 0 Å². The number of hydrogen-bond acceptors (Lipinski definition) is 4. The average Bonchev–Trinajstić information content (AvgIpc) is 2.76. The molecule has 1 unspecified atom stereocenters. The van der Waals surface area contributed by atoms with Crippen molar-refractivity contribution in [1.82, 2.24) is 10.6 Å².